The second kappa shape index (κ2) is 8.18. The van der Waals surface area contributed by atoms with Crippen molar-refractivity contribution in [3.8, 4) is 17.2 Å². The number of hydrogen-bond acceptors (Lipinski definition) is 5. The molecule has 26 heavy (non-hydrogen) atoms. The molecule has 0 spiro atoms. The van der Waals surface area contributed by atoms with Crippen LogP contribution in [0.4, 0.5) is 5.69 Å². The van der Waals surface area contributed by atoms with Gasteiger partial charge in [0.25, 0.3) is 0 Å². The third kappa shape index (κ3) is 4.24. The number of methoxy groups -OCH3 is 1. The van der Waals surface area contributed by atoms with E-state index < -0.39 is 4.92 Å². The maximum Gasteiger partial charge on any atom is 0.314 e. The molecular formula is C18H17Br2NO5. The minimum Gasteiger partial charge on any atom is -0.490 e. The van der Waals surface area contributed by atoms with Crippen molar-refractivity contribution in [1.29, 1.82) is 0 Å². The zero-order valence-electron chi connectivity index (χ0n) is 14.6. The van der Waals surface area contributed by atoms with Crippen LogP contribution in [0.3, 0.4) is 0 Å². The van der Waals surface area contributed by atoms with E-state index in [0.717, 1.165) is 0 Å². The molecule has 0 aliphatic rings. The summed E-state index contributed by atoms with van der Waals surface area (Å²) in [6, 6.07) is 6.32. The molecule has 0 unspecified atom stereocenters. The first kappa shape index (κ1) is 20.4. The van der Waals surface area contributed by atoms with Crippen LogP contribution in [0.1, 0.15) is 42.6 Å². The van der Waals surface area contributed by atoms with Gasteiger partial charge >= 0.3 is 5.69 Å². The van der Waals surface area contributed by atoms with Gasteiger partial charge in [0.1, 0.15) is 5.75 Å². The van der Waals surface area contributed by atoms with Crippen LogP contribution in [0.25, 0.3) is 0 Å². The Labute approximate surface area is 167 Å². The predicted octanol–water partition coefficient (Wildman–Crippen LogP) is 6.25. The van der Waals surface area contributed by atoms with Crippen LogP contribution in [-0.2, 0) is 0 Å². The zero-order valence-corrected chi connectivity index (χ0v) is 17.8. The summed E-state index contributed by atoms with van der Waals surface area (Å²) >= 11 is 6.76. The Morgan fingerprint density at radius 2 is 1.69 bits per heavy atom. The molecule has 2 aromatic rings. The molecule has 0 N–H and O–H groups in total. The number of benzene rings is 2. The summed E-state index contributed by atoms with van der Waals surface area (Å²) in [5, 5.41) is 11.4. The molecule has 6 nitrogen and oxygen atoms in total. The molecule has 0 fully saturated rings. The second-order valence-corrected chi connectivity index (χ2v) is 7.61. The molecule has 0 radical (unpaired) electrons. The molecule has 8 heteroatoms. The molecule has 0 amide bonds. The minimum atomic E-state index is -0.499. The molecule has 138 valence electrons. The summed E-state index contributed by atoms with van der Waals surface area (Å²) in [4.78, 5) is 22.5. The average molecular weight is 487 g/mol. The Bertz CT molecular complexity index is 857. The minimum absolute atomic E-state index is 0.000768. The quantitative estimate of drug-likeness (QED) is 0.274. The fourth-order valence-corrected chi connectivity index (χ4v) is 3.78. The van der Waals surface area contributed by atoms with Crippen molar-refractivity contribution in [2.75, 3.05) is 7.11 Å². The number of ketones is 1. The Morgan fingerprint density at radius 3 is 2.12 bits per heavy atom. The summed E-state index contributed by atoms with van der Waals surface area (Å²) in [5.74, 6) is 0.865. The monoisotopic (exact) mass is 485 g/mol. The van der Waals surface area contributed by atoms with Gasteiger partial charge in [-0.25, -0.2) is 0 Å². The Balaban J connectivity index is 2.57. The smallest absolute Gasteiger partial charge is 0.314 e. The van der Waals surface area contributed by atoms with E-state index in [-0.39, 0.29) is 23.1 Å². The summed E-state index contributed by atoms with van der Waals surface area (Å²) in [6.07, 6.45) is 0. The highest BCUT2D eigenvalue weighted by Crippen LogP contribution is 2.43. The molecule has 0 aliphatic carbocycles. The lowest BCUT2D eigenvalue weighted by atomic mass is 10.0. The van der Waals surface area contributed by atoms with Crippen LogP contribution < -0.4 is 9.47 Å². The molecule has 2 rings (SSSR count). The van der Waals surface area contributed by atoms with Gasteiger partial charge in [-0.05, 0) is 62.9 Å². The van der Waals surface area contributed by atoms with E-state index in [1.54, 1.807) is 18.2 Å². The van der Waals surface area contributed by atoms with Crippen molar-refractivity contribution in [3.05, 3.63) is 54.5 Å². The van der Waals surface area contributed by atoms with Crippen LogP contribution in [0.15, 0.2) is 33.2 Å². The van der Waals surface area contributed by atoms with Gasteiger partial charge in [0.15, 0.2) is 11.5 Å². The van der Waals surface area contributed by atoms with Crippen LogP contribution in [-0.4, -0.2) is 17.8 Å². The van der Waals surface area contributed by atoms with Crippen molar-refractivity contribution in [2.24, 2.45) is 0 Å². The number of carbonyl (C=O) groups is 1. The standard InChI is InChI=1S/C18H17Br2NO5/c1-9(2)13-7-12(8-16(21(23)24)17(13)25-4)26-18-14(19)5-11(10(3)22)6-15(18)20/h5-9H,1-4H3. The van der Waals surface area contributed by atoms with E-state index in [1.807, 2.05) is 13.8 Å². The van der Waals surface area contributed by atoms with Gasteiger partial charge in [-0.3, -0.25) is 14.9 Å². The highest BCUT2D eigenvalue weighted by atomic mass is 79.9. The van der Waals surface area contributed by atoms with E-state index >= 15 is 0 Å². The Hall–Kier alpha value is -1.93. The third-order valence-electron chi connectivity index (χ3n) is 3.72. The van der Waals surface area contributed by atoms with E-state index in [9.17, 15) is 14.9 Å². The first-order chi connectivity index (χ1) is 12.1. The highest BCUT2D eigenvalue weighted by molar-refractivity contribution is 9.11. The number of Topliss-reactive ketones (excluding diaryl/α,β-unsaturated/α-hetero) is 1. The number of ether oxygens (including phenoxy) is 2. The average Bonchev–Trinajstić information content (AvgIpc) is 2.56. The summed E-state index contributed by atoms with van der Waals surface area (Å²) in [7, 11) is 1.41. The van der Waals surface area contributed by atoms with Gasteiger partial charge in [-0.15, -0.1) is 0 Å². The number of halogens is 2. The van der Waals surface area contributed by atoms with Crippen LogP contribution in [0.5, 0.6) is 17.2 Å². The van der Waals surface area contributed by atoms with E-state index in [1.165, 1.54) is 20.1 Å². The number of nitro groups is 1. The lowest BCUT2D eigenvalue weighted by Crippen LogP contribution is -2.01. The Kier molecular flexibility index (Phi) is 6.41. The third-order valence-corrected chi connectivity index (χ3v) is 4.90. The number of rotatable bonds is 6. The predicted molar refractivity (Wildman–Crippen MR) is 106 cm³/mol. The van der Waals surface area contributed by atoms with Crippen LogP contribution >= 0.6 is 31.9 Å². The molecule has 0 aliphatic heterocycles. The maximum atomic E-state index is 11.6. The lowest BCUT2D eigenvalue weighted by molar-refractivity contribution is -0.385. The first-order valence-electron chi connectivity index (χ1n) is 7.69. The molecule has 2 aromatic carbocycles. The summed E-state index contributed by atoms with van der Waals surface area (Å²) in [6.45, 7) is 5.30. The van der Waals surface area contributed by atoms with Gasteiger partial charge in [-0.2, -0.15) is 0 Å². The zero-order chi connectivity index (χ0) is 19.6. The van der Waals surface area contributed by atoms with Gasteiger partial charge in [0.05, 0.1) is 27.0 Å². The van der Waals surface area contributed by atoms with Gasteiger partial charge < -0.3 is 9.47 Å². The number of nitrogens with zero attached hydrogens (tertiary/aromatic N) is 1. The summed E-state index contributed by atoms with van der Waals surface area (Å²) < 4.78 is 12.2. The molecule has 0 atom stereocenters. The lowest BCUT2D eigenvalue weighted by Gasteiger charge is -2.16. The molecule has 0 heterocycles. The largest absolute Gasteiger partial charge is 0.490 e. The van der Waals surface area contributed by atoms with Gasteiger partial charge in [0.2, 0.25) is 5.75 Å². The normalized spacial score (nSPS) is 10.7. The molecule has 0 aromatic heterocycles. The fraction of sp³-hybridized carbons (Fsp3) is 0.278. The topological polar surface area (TPSA) is 78.7 Å². The van der Waals surface area contributed by atoms with E-state index in [2.05, 4.69) is 31.9 Å². The number of hydrogen-bond donors (Lipinski definition) is 0. The van der Waals surface area contributed by atoms with E-state index in [0.29, 0.717) is 31.6 Å². The van der Waals surface area contributed by atoms with Crippen molar-refractivity contribution < 1.29 is 19.2 Å². The number of carbonyl (C=O) groups excluding carboxylic acids is 1. The fourth-order valence-electron chi connectivity index (χ4n) is 2.43. The first-order valence-corrected chi connectivity index (χ1v) is 9.28. The van der Waals surface area contributed by atoms with Crippen molar-refractivity contribution in [2.45, 2.75) is 26.7 Å². The maximum absolute atomic E-state index is 11.6. The molecule has 0 saturated carbocycles. The molecular weight excluding hydrogens is 470 g/mol. The Morgan fingerprint density at radius 1 is 1.12 bits per heavy atom. The number of nitro benzene ring substituents is 1. The second-order valence-electron chi connectivity index (χ2n) is 5.90. The van der Waals surface area contributed by atoms with Gasteiger partial charge in [0, 0.05) is 11.1 Å². The highest BCUT2D eigenvalue weighted by Gasteiger charge is 2.24. The molecule has 0 bridgehead atoms. The van der Waals surface area contributed by atoms with Crippen molar-refractivity contribution in [1.82, 2.24) is 0 Å². The van der Waals surface area contributed by atoms with E-state index in [4.69, 9.17) is 9.47 Å². The van der Waals surface area contributed by atoms with Crippen LogP contribution in [0, 0.1) is 10.1 Å². The van der Waals surface area contributed by atoms with Crippen molar-refractivity contribution in [3.63, 3.8) is 0 Å². The van der Waals surface area contributed by atoms with Crippen molar-refractivity contribution >= 4 is 43.3 Å². The van der Waals surface area contributed by atoms with Crippen LogP contribution in [0.2, 0.25) is 0 Å². The van der Waals surface area contributed by atoms with Gasteiger partial charge in [-0.1, -0.05) is 13.8 Å². The SMILES string of the molecule is COc1c(C(C)C)cc(Oc2c(Br)cc(C(C)=O)cc2Br)cc1[N+](=O)[O-]. The molecule has 0 saturated heterocycles. The summed E-state index contributed by atoms with van der Waals surface area (Å²) in [5.41, 5.74) is 1.02.